The van der Waals surface area contributed by atoms with Crippen molar-refractivity contribution in [2.24, 2.45) is 0 Å². The summed E-state index contributed by atoms with van der Waals surface area (Å²) in [6.45, 7) is 2.15. The standard InChI is InChI=1S/C27H23N3/c1-20-24(17-21-11-5-2-6-12-21)29-27-25(18-22-13-7-3-8-14-22)28-26(19-30(20)27)23-15-9-4-10-16-23/h2-16,19H,17-18H2,1H3. The Morgan fingerprint density at radius 3 is 1.77 bits per heavy atom. The number of benzene rings is 3. The number of hydrogen-bond donors (Lipinski definition) is 0. The van der Waals surface area contributed by atoms with E-state index in [1.807, 2.05) is 18.2 Å². The molecular weight excluding hydrogens is 366 g/mol. The van der Waals surface area contributed by atoms with Crippen molar-refractivity contribution in [1.82, 2.24) is 14.4 Å². The van der Waals surface area contributed by atoms with E-state index in [9.17, 15) is 0 Å². The summed E-state index contributed by atoms with van der Waals surface area (Å²) in [4.78, 5) is 10.1. The molecule has 0 radical (unpaired) electrons. The van der Waals surface area contributed by atoms with Gasteiger partial charge in [-0.15, -0.1) is 0 Å². The maximum absolute atomic E-state index is 5.04. The highest BCUT2D eigenvalue weighted by atomic mass is 15.0. The van der Waals surface area contributed by atoms with Crippen LogP contribution in [0.1, 0.15) is 28.2 Å². The Morgan fingerprint density at radius 2 is 1.17 bits per heavy atom. The number of fused-ring (bicyclic) bond motifs is 1. The van der Waals surface area contributed by atoms with Crippen LogP contribution in [0.25, 0.3) is 16.9 Å². The van der Waals surface area contributed by atoms with Crippen LogP contribution in [-0.4, -0.2) is 14.4 Å². The third kappa shape index (κ3) is 3.62. The smallest absolute Gasteiger partial charge is 0.159 e. The van der Waals surface area contributed by atoms with Crippen molar-refractivity contribution in [1.29, 1.82) is 0 Å². The Bertz CT molecular complexity index is 1270. The second kappa shape index (κ2) is 7.96. The van der Waals surface area contributed by atoms with Crippen molar-refractivity contribution in [3.8, 4) is 11.3 Å². The minimum Gasteiger partial charge on any atom is -0.300 e. The van der Waals surface area contributed by atoms with Crippen LogP contribution in [0, 0.1) is 6.92 Å². The minimum absolute atomic E-state index is 0.756. The molecule has 2 heterocycles. The summed E-state index contributed by atoms with van der Waals surface area (Å²) in [5.74, 6) is 0. The fraction of sp³-hybridized carbons (Fsp3) is 0.111. The van der Waals surface area contributed by atoms with E-state index in [4.69, 9.17) is 9.97 Å². The van der Waals surface area contributed by atoms with Gasteiger partial charge in [0.1, 0.15) is 0 Å². The van der Waals surface area contributed by atoms with Crippen molar-refractivity contribution in [2.75, 3.05) is 0 Å². The van der Waals surface area contributed by atoms with Gasteiger partial charge in [0.25, 0.3) is 0 Å². The average molecular weight is 390 g/mol. The maximum atomic E-state index is 5.04. The third-order valence-electron chi connectivity index (χ3n) is 5.51. The van der Waals surface area contributed by atoms with Crippen LogP contribution >= 0.6 is 0 Å². The number of rotatable bonds is 5. The summed E-state index contributed by atoms with van der Waals surface area (Å²) in [6.07, 6.45) is 3.70. The zero-order valence-corrected chi connectivity index (χ0v) is 17.0. The fourth-order valence-corrected chi connectivity index (χ4v) is 3.88. The molecule has 2 aromatic heterocycles. The van der Waals surface area contributed by atoms with Gasteiger partial charge in [0.05, 0.1) is 17.1 Å². The van der Waals surface area contributed by atoms with Crippen LogP contribution in [0.15, 0.2) is 97.2 Å². The third-order valence-corrected chi connectivity index (χ3v) is 5.51. The zero-order valence-electron chi connectivity index (χ0n) is 17.0. The highest BCUT2D eigenvalue weighted by Gasteiger charge is 2.16. The Hall–Kier alpha value is -3.72. The molecule has 3 aromatic carbocycles. The first-order valence-corrected chi connectivity index (χ1v) is 10.3. The summed E-state index contributed by atoms with van der Waals surface area (Å²) < 4.78 is 2.21. The largest absolute Gasteiger partial charge is 0.300 e. The second-order valence-corrected chi connectivity index (χ2v) is 7.60. The van der Waals surface area contributed by atoms with Crippen molar-refractivity contribution in [2.45, 2.75) is 19.8 Å². The first-order chi connectivity index (χ1) is 14.8. The Balaban J connectivity index is 1.66. The molecule has 0 N–H and O–H groups in total. The first-order valence-electron chi connectivity index (χ1n) is 10.3. The van der Waals surface area contributed by atoms with Crippen molar-refractivity contribution in [3.05, 3.63) is 125 Å². The minimum atomic E-state index is 0.756. The molecule has 0 saturated heterocycles. The lowest BCUT2D eigenvalue weighted by Gasteiger charge is -2.09. The zero-order chi connectivity index (χ0) is 20.3. The monoisotopic (exact) mass is 389 g/mol. The van der Waals surface area contributed by atoms with Crippen LogP contribution in [0.4, 0.5) is 0 Å². The van der Waals surface area contributed by atoms with E-state index >= 15 is 0 Å². The molecule has 0 unspecified atom stereocenters. The highest BCUT2D eigenvalue weighted by molar-refractivity contribution is 5.62. The molecule has 5 rings (SSSR count). The van der Waals surface area contributed by atoms with Gasteiger partial charge in [-0.1, -0.05) is 91.0 Å². The summed E-state index contributed by atoms with van der Waals surface area (Å²) in [5.41, 5.74) is 8.82. The normalized spacial score (nSPS) is 11.1. The summed E-state index contributed by atoms with van der Waals surface area (Å²) in [6, 6.07) is 31.4. The maximum Gasteiger partial charge on any atom is 0.159 e. The van der Waals surface area contributed by atoms with Crippen LogP contribution in [0.3, 0.4) is 0 Å². The van der Waals surface area contributed by atoms with Gasteiger partial charge in [0, 0.05) is 30.3 Å². The number of imidazole rings is 1. The first kappa shape index (κ1) is 18.3. The fourth-order valence-electron chi connectivity index (χ4n) is 3.88. The van der Waals surface area contributed by atoms with E-state index in [1.165, 1.54) is 16.8 Å². The van der Waals surface area contributed by atoms with E-state index in [0.717, 1.165) is 41.1 Å². The van der Waals surface area contributed by atoms with Crippen molar-refractivity contribution >= 4 is 5.65 Å². The lowest BCUT2D eigenvalue weighted by Crippen LogP contribution is -2.01. The van der Waals surface area contributed by atoms with Gasteiger partial charge in [0.15, 0.2) is 5.65 Å². The molecule has 0 saturated carbocycles. The number of hydrogen-bond acceptors (Lipinski definition) is 2. The molecule has 30 heavy (non-hydrogen) atoms. The SMILES string of the molecule is Cc1c(Cc2ccccc2)nc2c(Cc3ccccc3)nc(-c3ccccc3)cn12. The van der Waals surface area contributed by atoms with Crippen LogP contribution < -0.4 is 0 Å². The molecule has 0 aliphatic rings. The van der Waals surface area contributed by atoms with E-state index in [-0.39, 0.29) is 0 Å². The molecule has 0 amide bonds. The van der Waals surface area contributed by atoms with E-state index < -0.39 is 0 Å². The van der Waals surface area contributed by atoms with Crippen molar-refractivity contribution in [3.63, 3.8) is 0 Å². The Kier molecular flexibility index (Phi) is 4.86. The highest BCUT2D eigenvalue weighted by Crippen LogP contribution is 2.24. The lowest BCUT2D eigenvalue weighted by atomic mass is 10.1. The molecule has 0 spiro atoms. The molecule has 0 atom stereocenters. The molecule has 0 aliphatic carbocycles. The van der Waals surface area contributed by atoms with Gasteiger partial charge in [-0.2, -0.15) is 0 Å². The number of nitrogens with zero attached hydrogens (tertiary/aromatic N) is 3. The Labute approximate surface area is 176 Å². The topological polar surface area (TPSA) is 30.2 Å². The lowest BCUT2D eigenvalue weighted by molar-refractivity contribution is 1.00. The van der Waals surface area contributed by atoms with Crippen LogP contribution in [0.2, 0.25) is 0 Å². The summed E-state index contributed by atoms with van der Waals surface area (Å²) >= 11 is 0. The molecular formula is C27H23N3. The number of aryl methyl sites for hydroxylation is 1. The molecule has 5 aromatic rings. The van der Waals surface area contributed by atoms with E-state index in [1.54, 1.807) is 0 Å². The number of aromatic nitrogens is 3. The van der Waals surface area contributed by atoms with E-state index in [0.29, 0.717) is 0 Å². The predicted octanol–water partition coefficient (Wildman–Crippen LogP) is 5.89. The van der Waals surface area contributed by atoms with Crippen LogP contribution in [0.5, 0.6) is 0 Å². The summed E-state index contributed by atoms with van der Waals surface area (Å²) in [5, 5.41) is 0. The van der Waals surface area contributed by atoms with Crippen LogP contribution in [-0.2, 0) is 12.8 Å². The quantitative estimate of drug-likeness (QED) is 0.375. The average Bonchev–Trinajstić information content (AvgIpc) is 3.11. The van der Waals surface area contributed by atoms with Gasteiger partial charge >= 0.3 is 0 Å². The van der Waals surface area contributed by atoms with Gasteiger partial charge in [-0.05, 0) is 18.1 Å². The van der Waals surface area contributed by atoms with E-state index in [2.05, 4.69) is 90.3 Å². The molecule has 0 fully saturated rings. The summed E-state index contributed by atoms with van der Waals surface area (Å²) in [7, 11) is 0. The van der Waals surface area contributed by atoms with Crippen molar-refractivity contribution < 1.29 is 0 Å². The molecule has 0 bridgehead atoms. The van der Waals surface area contributed by atoms with Gasteiger partial charge in [-0.3, -0.25) is 0 Å². The van der Waals surface area contributed by atoms with Gasteiger partial charge < -0.3 is 4.40 Å². The second-order valence-electron chi connectivity index (χ2n) is 7.60. The molecule has 3 heteroatoms. The Morgan fingerprint density at radius 1 is 0.633 bits per heavy atom. The predicted molar refractivity (Wildman–Crippen MR) is 122 cm³/mol. The van der Waals surface area contributed by atoms with Gasteiger partial charge in [-0.25, -0.2) is 9.97 Å². The molecule has 3 nitrogen and oxygen atoms in total. The molecule has 146 valence electrons. The molecule has 0 aliphatic heterocycles. The van der Waals surface area contributed by atoms with Gasteiger partial charge in [0.2, 0.25) is 0 Å².